The molecular formula is C25H32N2O3S2. The third-order valence-corrected chi connectivity index (χ3v) is 9.06. The van der Waals surface area contributed by atoms with Gasteiger partial charge in [-0.1, -0.05) is 75.4 Å². The van der Waals surface area contributed by atoms with Gasteiger partial charge in [-0.3, -0.25) is 4.79 Å². The molecule has 2 aromatic rings. The Morgan fingerprint density at radius 1 is 1.22 bits per heavy atom. The number of hydrogen-bond acceptors (Lipinski definition) is 5. The van der Waals surface area contributed by atoms with Gasteiger partial charge < -0.3 is 10.0 Å². The number of piperazine rings is 1. The first kappa shape index (κ1) is 23.3. The highest BCUT2D eigenvalue weighted by molar-refractivity contribution is 7.97. The number of nitrogens with zero attached hydrogens (tertiary/aromatic N) is 2. The number of carboxylic acid groups (broad SMARTS) is 1. The van der Waals surface area contributed by atoms with Crippen LogP contribution in [0.2, 0.25) is 0 Å². The van der Waals surface area contributed by atoms with Crippen LogP contribution >= 0.6 is 23.3 Å². The Bertz CT molecular complexity index is 940. The van der Waals surface area contributed by atoms with E-state index in [0.29, 0.717) is 23.4 Å². The van der Waals surface area contributed by atoms with Gasteiger partial charge in [-0.05, 0) is 36.8 Å². The van der Waals surface area contributed by atoms with Gasteiger partial charge in [0.1, 0.15) is 4.88 Å². The average molecular weight is 473 g/mol. The summed E-state index contributed by atoms with van der Waals surface area (Å²) in [5, 5.41) is 10.5. The number of rotatable bonds is 7. The number of amides is 1. The van der Waals surface area contributed by atoms with Crippen LogP contribution < -0.4 is 4.90 Å². The summed E-state index contributed by atoms with van der Waals surface area (Å²) in [6.07, 6.45) is 6.89. The summed E-state index contributed by atoms with van der Waals surface area (Å²) >= 11 is 3.04. The third-order valence-electron chi connectivity index (χ3n) is 6.63. The van der Waals surface area contributed by atoms with Crippen LogP contribution in [-0.2, 0) is 4.79 Å². The monoisotopic (exact) mass is 472 g/mol. The minimum absolute atomic E-state index is 0.0162. The summed E-state index contributed by atoms with van der Waals surface area (Å²) in [6.45, 7) is 5.49. The Morgan fingerprint density at radius 2 is 1.94 bits per heavy atom. The number of anilines is 1. The molecule has 32 heavy (non-hydrogen) atoms. The number of carbonyl (C=O) groups is 2. The van der Waals surface area contributed by atoms with Crippen LogP contribution in [0.3, 0.4) is 0 Å². The Balaban J connectivity index is 1.71. The minimum atomic E-state index is -0.959. The van der Waals surface area contributed by atoms with Crippen molar-refractivity contribution in [2.45, 2.75) is 63.7 Å². The van der Waals surface area contributed by atoms with E-state index in [1.54, 1.807) is 11.9 Å². The van der Waals surface area contributed by atoms with Gasteiger partial charge in [0.05, 0.1) is 18.3 Å². The second kappa shape index (κ2) is 10.4. The van der Waals surface area contributed by atoms with Crippen molar-refractivity contribution in [1.29, 1.82) is 0 Å². The van der Waals surface area contributed by atoms with Crippen molar-refractivity contribution in [1.82, 2.24) is 4.31 Å². The Hall–Kier alpha value is -1.83. The summed E-state index contributed by atoms with van der Waals surface area (Å²) in [6, 6.07) is 11.8. The van der Waals surface area contributed by atoms with Crippen molar-refractivity contribution in [2.24, 2.45) is 5.92 Å². The molecule has 5 nitrogen and oxygen atoms in total. The lowest BCUT2D eigenvalue weighted by atomic mass is 9.82. The molecule has 0 spiro atoms. The summed E-state index contributed by atoms with van der Waals surface area (Å²) in [4.78, 5) is 28.8. The van der Waals surface area contributed by atoms with E-state index in [0.717, 1.165) is 36.2 Å². The Morgan fingerprint density at radius 3 is 2.59 bits per heavy atom. The highest BCUT2D eigenvalue weighted by Gasteiger charge is 2.41. The SMILES string of the molecule is CCC(C)SN1CC(=O)N(c2cc(-c3ccccc3)sc2C(=O)O)C(C2CCCCC2)C1. The summed E-state index contributed by atoms with van der Waals surface area (Å²) in [5.41, 5.74) is 1.56. The van der Waals surface area contributed by atoms with Gasteiger partial charge in [0.25, 0.3) is 0 Å². The van der Waals surface area contributed by atoms with Crippen LogP contribution in [0.1, 0.15) is 62.0 Å². The fourth-order valence-corrected chi connectivity index (χ4v) is 6.90. The van der Waals surface area contributed by atoms with E-state index >= 15 is 0 Å². The molecule has 1 aliphatic heterocycles. The van der Waals surface area contributed by atoms with Crippen molar-refractivity contribution in [3.8, 4) is 10.4 Å². The van der Waals surface area contributed by atoms with Crippen LogP contribution in [0.5, 0.6) is 0 Å². The van der Waals surface area contributed by atoms with E-state index in [2.05, 4.69) is 18.2 Å². The first-order chi connectivity index (χ1) is 15.5. The quantitative estimate of drug-likeness (QED) is 0.489. The van der Waals surface area contributed by atoms with Crippen LogP contribution in [0.15, 0.2) is 36.4 Å². The van der Waals surface area contributed by atoms with E-state index in [-0.39, 0.29) is 16.8 Å². The van der Waals surface area contributed by atoms with Gasteiger partial charge in [0.2, 0.25) is 5.91 Å². The van der Waals surface area contributed by atoms with Gasteiger partial charge in [0, 0.05) is 16.7 Å². The van der Waals surface area contributed by atoms with E-state index in [1.165, 1.54) is 30.6 Å². The summed E-state index contributed by atoms with van der Waals surface area (Å²) in [7, 11) is 0. The first-order valence-corrected chi connectivity index (χ1v) is 13.3. The number of thiophene rings is 1. The van der Waals surface area contributed by atoms with E-state index in [9.17, 15) is 14.7 Å². The zero-order valence-electron chi connectivity index (χ0n) is 18.8. The number of benzene rings is 1. The smallest absolute Gasteiger partial charge is 0.348 e. The summed E-state index contributed by atoms with van der Waals surface area (Å²) in [5.74, 6) is -0.531. The van der Waals surface area contributed by atoms with Crippen molar-refractivity contribution in [3.05, 3.63) is 41.3 Å². The molecule has 2 aliphatic rings. The maximum atomic E-state index is 13.5. The van der Waals surface area contributed by atoms with Crippen LogP contribution in [-0.4, -0.2) is 45.7 Å². The number of hydrogen-bond donors (Lipinski definition) is 1. The van der Waals surface area contributed by atoms with Crippen molar-refractivity contribution in [2.75, 3.05) is 18.0 Å². The lowest BCUT2D eigenvalue weighted by Crippen LogP contribution is -2.58. The van der Waals surface area contributed by atoms with Crippen LogP contribution in [0.4, 0.5) is 5.69 Å². The van der Waals surface area contributed by atoms with Gasteiger partial charge in [0.15, 0.2) is 0 Å². The normalized spacial score (nSPS) is 21.6. The average Bonchev–Trinajstić information content (AvgIpc) is 3.25. The molecule has 1 saturated carbocycles. The minimum Gasteiger partial charge on any atom is -0.477 e. The van der Waals surface area contributed by atoms with E-state index < -0.39 is 5.97 Å². The van der Waals surface area contributed by atoms with E-state index in [1.807, 2.05) is 41.3 Å². The second-order valence-electron chi connectivity index (χ2n) is 8.87. The first-order valence-electron chi connectivity index (χ1n) is 11.6. The van der Waals surface area contributed by atoms with Crippen molar-refractivity contribution >= 4 is 40.8 Å². The predicted molar refractivity (Wildman–Crippen MR) is 133 cm³/mol. The molecule has 1 amide bonds. The van der Waals surface area contributed by atoms with Gasteiger partial charge >= 0.3 is 5.97 Å². The molecule has 7 heteroatoms. The molecule has 0 bridgehead atoms. The van der Waals surface area contributed by atoms with Crippen molar-refractivity contribution < 1.29 is 14.7 Å². The molecule has 4 rings (SSSR count). The zero-order valence-corrected chi connectivity index (χ0v) is 20.5. The molecule has 172 valence electrons. The maximum Gasteiger partial charge on any atom is 0.348 e. The zero-order chi connectivity index (χ0) is 22.7. The molecule has 1 saturated heterocycles. The molecule has 1 N–H and O–H groups in total. The molecule has 1 aromatic heterocycles. The molecule has 1 aromatic carbocycles. The lowest BCUT2D eigenvalue weighted by Gasteiger charge is -2.45. The fraction of sp³-hybridized carbons (Fsp3) is 0.520. The molecule has 2 heterocycles. The lowest BCUT2D eigenvalue weighted by molar-refractivity contribution is -0.121. The number of aromatic carboxylic acids is 1. The molecular weight excluding hydrogens is 440 g/mol. The second-order valence-corrected chi connectivity index (χ2v) is 11.5. The fourth-order valence-electron chi connectivity index (χ4n) is 4.83. The number of carbonyl (C=O) groups excluding carboxylic acids is 1. The van der Waals surface area contributed by atoms with Crippen LogP contribution in [0, 0.1) is 5.92 Å². The van der Waals surface area contributed by atoms with Crippen molar-refractivity contribution in [3.63, 3.8) is 0 Å². The van der Waals surface area contributed by atoms with E-state index in [4.69, 9.17) is 0 Å². The Labute approximate surface area is 198 Å². The molecule has 1 aliphatic carbocycles. The van der Waals surface area contributed by atoms with Gasteiger partial charge in [-0.2, -0.15) is 0 Å². The topological polar surface area (TPSA) is 60.9 Å². The third kappa shape index (κ3) is 5.05. The Kier molecular flexibility index (Phi) is 7.59. The van der Waals surface area contributed by atoms with Gasteiger partial charge in [-0.25, -0.2) is 9.10 Å². The summed E-state index contributed by atoms with van der Waals surface area (Å²) < 4.78 is 2.22. The predicted octanol–water partition coefficient (Wildman–Crippen LogP) is 6.16. The van der Waals surface area contributed by atoms with Gasteiger partial charge in [-0.15, -0.1) is 11.3 Å². The molecule has 2 fully saturated rings. The molecule has 2 unspecified atom stereocenters. The highest BCUT2D eigenvalue weighted by Crippen LogP contribution is 2.42. The molecule has 2 atom stereocenters. The molecule has 0 radical (unpaired) electrons. The standard InChI is InChI=1S/C25H32N2O3S2/c1-3-17(2)32-26-15-21(18-10-6-4-7-11-18)27(23(28)16-26)20-14-22(31-24(20)25(29)30)19-12-8-5-9-13-19/h5,8-9,12-14,17-18,21H,3-4,6-7,10-11,15-16H2,1-2H3,(H,29,30). The number of carboxylic acids is 1. The largest absolute Gasteiger partial charge is 0.477 e. The maximum absolute atomic E-state index is 13.5. The highest BCUT2D eigenvalue weighted by atomic mass is 32.2. The van der Waals surface area contributed by atoms with Crippen LogP contribution in [0.25, 0.3) is 10.4 Å².